The van der Waals surface area contributed by atoms with Crippen molar-refractivity contribution in [1.82, 2.24) is 14.9 Å². The van der Waals surface area contributed by atoms with Gasteiger partial charge in [-0.1, -0.05) is 24.3 Å². The maximum atomic E-state index is 12.6. The summed E-state index contributed by atoms with van der Waals surface area (Å²) in [5.41, 5.74) is 4.23. The van der Waals surface area contributed by atoms with E-state index in [2.05, 4.69) is 16.4 Å². The molecule has 1 aliphatic heterocycles. The topological polar surface area (TPSA) is 84.3 Å². The number of fused-ring (bicyclic) bond motifs is 1. The highest BCUT2D eigenvalue weighted by Gasteiger charge is 2.26. The maximum Gasteiger partial charge on any atom is 0.251 e. The van der Waals surface area contributed by atoms with Crippen LogP contribution in [-0.4, -0.2) is 36.7 Å². The van der Waals surface area contributed by atoms with E-state index in [-0.39, 0.29) is 5.91 Å². The zero-order chi connectivity index (χ0) is 20.4. The van der Waals surface area contributed by atoms with Crippen molar-refractivity contribution < 1.29 is 13.2 Å². The molecule has 0 aliphatic carbocycles. The lowest BCUT2D eigenvalue weighted by molar-refractivity contribution is 0.0951. The fourth-order valence-electron chi connectivity index (χ4n) is 3.57. The molecule has 29 heavy (non-hydrogen) atoms. The molecule has 0 bridgehead atoms. The van der Waals surface area contributed by atoms with E-state index in [1.165, 1.54) is 10.6 Å². The van der Waals surface area contributed by atoms with E-state index in [1.54, 1.807) is 30.7 Å². The third kappa shape index (κ3) is 4.32. The third-order valence-corrected chi connectivity index (χ3v) is 6.14. The number of amides is 1. The smallest absolute Gasteiger partial charge is 0.251 e. The maximum absolute atomic E-state index is 12.6. The first-order chi connectivity index (χ1) is 13.9. The molecule has 3 aromatic rings. The Kier molecular flexibility index (Phi) is 5.10. The van der Waals surface area contributed by atoms with E-state index in [9.17, 15) is 13.2 Å². The van der Waals surface area contributed by atoms with E-state index in [1.807, 2.05) is 29.0 Å². The fourth-order valence-corrected chi connectivity index (χ4v) is 4.53. The van der Waals surface area contributed by atoms with Gasteiger partial charge in [0.2, 0.25) is 10.0 Å². The van der Waals surface area contributed by atoms with Crippen LogP contribution in [0.5, 0.6) is 0 Å². The predicted octanol–water partition coefficient (Wildman–Crippen LogP) is 2.18. The molecule has 8 heteroatoms. The molecule has 2 aromatic carbocycles. The van der Waals surface area contributed by atoms with Crippen LogP contribution in [0.15, 0.2) is 61.2 Å². The fraction of sp³-hybridized carbons (Fsp3) is 0.238. The van der Waals surface area contributed by atoms with Gasteiger partial charge < -0.3 is 9.88 Å². The van der Waals surface area contributed by atoms with Crippen molar-refractivity contribution in [3.63, 3.8) is 0 Å². The van der Waals surface area contributed by atoms with E-state index in [0.29, 0.717) is 30.8 Å². The SMILES string of the molecule is CS(=O)(=O)N1CCc2cc(C(=O)NCc3cccc(Cn4ccnc4)c3)ccc21. The monoisotopic (exact) mass is 410 g/mol. The lowest BCUT2D eigenvalue weighted by Gasteiger charge is -2.16. The molecule has 2 heterocycles. The minimum atomic E-state index is -3.29. The van der Waals surface area contributed by atoms with Gasteiger partial charge in [-0.05, 0) is 41.3 Å². The van der Waals surface area contributed by atoms with Crippen molar-refractivity contribution in [3.8, 4) is 0 Å². The Bertz CT molecular complexity index is 1140. The van der Waals surface area contributed by atoms with E-state index in [0.717, 1.165) is 23.2 Å². The lowest BCUT2D eigenvalue weighted by atomic mass is 10.1. The summed E-state index contributed by atoms with van der Waals surface area (Å²) in [5, 5.41) is 2.94. The Morgan fingerprint density at radius 2 is 2.00 bits per heavy atom. The van der Waals surface area contributed by atoms with Crippen LogP contribution in [0.1, 0.15) is 27.0 Å². The van der Waals surface area contributed by atoms with E-state index >= 15 is 0 Å². The van der Waals surface area contributed by atoms with Gasteiger partial charge in [0.15, 0.2) is 0 Å². The molecule has 0 radical (unpaired) electrons. The van der Waals surface area contributed by atoms with E-state index < -0.39 is 10.0 Å². The number of sulfonamides is 1. The summed E-state index contributed by atoms with van der Waals surface area (Å²) < 4.78 is 27.1. The average molecular weight is 410 g/mol. The first-order valence-electron chi connectivity index (χ1n) is 9.32. The van der Waals surface area contributed by atoms with Gasteiger partial charge in [-0.3, -0.25) is 9.10 Å². The van der Waals surface area contributed by atoms with Crippen LogP contribution in [0.3, 0.4) is 0 Å². The molecule has 1 aliphatic rings. The number of rotatable bonds is 6. The van der Waals surface area contributed by atoms with Gasteiger partial charge in [0, 0.05) is 37.6 Å². The highest BCUT2D eigenvalue weighted by Crippen LogP contribution is 2.30. The molecule has 1 amide bonds. The second-order valence-corrected chi connectivity index (χ2v) is 9.07. The second-order valence-electron chi connectivity index (χ2n) is 7.17. The lowest BCUT2D eigenvalue weighted by Crippen LogP contribution is -2.27. The normalized spacial score (nSPS) is 13.3. The highest BCUT2D eigenvalue weighted by molar-refractivity contribution is 7.92. The number of imidazole rings is 1. The first kappa shape index (κ1) is 19.2. The largest absolute Gasteiger partial charge is 0.348 e. The summed E-state index contributed by atoms with van der Waals surface area (Å²) in [4.78, 5) is 16.6. The van der Waals surface area contributed by atoms with Crippen molar-refractivity contribution in [1.29, 1.82) is 0 Å². The molecular formula is C21H22N4O3S. The Hall–Kier alpha value is -3.13. The second kappa shape index (κ2) is 7.71. The van der Waals surface area contributed by atoms with Crippen molar-refractivity contribution >= 4 is 21.6 Å². The molecule has 1 aromatic heterocycles. The van der Waals surface area contributed by atoms with Crippen LogP contribution < -0.4 is 9.62 Å². The highest BCUT2D eigenvalue weighted by atomic mass is 32.2. The number of nitrogens with one attached hydrogen (secondary N) is 1. The number of hydrogen-bond donors (Lipinski definition) is 1. The molecule has 0 atom stereocenters. The Balaban J connectivity index is 1.42. The standard InChI is InChI=1S/C21H22N4O3S/c1-29(27,28)25-9-7-18-12-19(5-6-20(18)25)21(26)23-13-16-3-2-4-17(11-16)14-24-10-8-22-15-24/h2-6,8,10-12,15H,7,9,13-14H2,1H3,(H,23,26). The van der Waals surface area contributed by atoms with Crippen LogP contribution >= 0.6 is 0 Å². The van der Waals surface area contributed by atoms with Crippen LogP contribution in [0.4, 0.5) is 5.69 Å². The number of anilines is 1. The molecule has 0 saturated carbocycles. The van der Waals surface area contributed by atoms with Crippen LogP contribution in [0, 0.1) is 0 Å². The molecule has 0 unspecified atom stereocenters. The Morgan fingerprint density at radius 1 is 1.17 bits per heavy atom. The number of carbonyl (C=O) groups excluding carboxylic acids is 1. The zero-order valence-electron chi connectivity index (χ0n) is 16.1. The van der Waals surface area contributed by atoms with Gasteiger partial charge in [-0.25, -0.2) is 13.4 Å². The van der Waals surface area contributed by atoms with Gasteiger partial charge in [0.25, 0.3) is 5.91 Å². The summed E-state index contributed by atoms with van der Waals surface area (Å²) in [6.45, 7) is 1.57. The van der Waals surface area contributed by atoms with Gasteiger partial charge in [-0.2, -0.15) is 0 Å². The van der Waals surface area contributed by atoms with Gasteiger partial charge in [0.1, 0.15) is 0 Å². The number of benzene rings is 2. The summed E-state index contributed by atoms with van der Waals surface area (Å²) >= 11 is 0. The summed E-state index contributed by atoms with van der Waals surface area (Å²) in [7, 11) is -3.29. The number of carbonyl (C=O) groups is 1. The summed E-state index contributed by atoms with van der Waals surface area (Å²) in [6.07, 6.45) is 7.24. The van der Waals surface area contributed by atoms with Crippen LogP contribution in [0.25, 0.3) is 0 Å². The van der Waals surface area contributed by atoms with Crippen molar-refractivity contribution in [3.05, 3.63) is 83.4 Å². The number of aromatic nitrogens is 2. The molecule has 4 rings (SSSR count). The number of hydrogen-bond acceptors (Lipinski definition) is 4. The van der Waals surface area contributed by atoms with Crippen molar-refractivity contribution in [2.45, 2.75) is 19.5 Å². The number of nitrogens with zero attached hydrogens (tertiary/aromatic N) is 3. The van der Waals surface area contributed by atoms with E-state index in [4.69, 9.17) is 0 Å². The van der Waals surface area contributed by atoms with Gasteiger partial charge in [0.05, 0.1) is 18.3 Å². The van der Waals surface area contributed by atoms with Gasteiger partial charge >= 0.3 is 0 Å². The summed E-state index contributed by atoms with van der Waals surface area (Å²) in [6, 6.07) is 13.2. The van der Waals surface area contributed by atoms with Crippen LogP contribution in [0.2, 0.25) is 0 Å². The molecule has 150 valence electrons. The van der Waals surface area contributed by atoms with Crippen molar-refractivity contribution in [2.24, 2.45) is 0 Å². The molecule has 7 nitrogen and oxygen atoms in total. The zero-order valence-corrected chi connectivity index (χ0v) is 16.9. The van der Waals surface area contributed by atoms with Crippen molar-refractivity contribution in [2.75, 3.05) is 17.1 Å². The Labute approximate surface area is 170 Å². The molecule has 0 fully saturated rings. The third-order valence-electron chi connectivity index (χ3n) is 4.96. The van der Waals surface area contributed by atoms with Crippen LogP contribution in [-0.2, 0) is 29.5 Å². The quantitative estimate of drug-likeness (QED) is 0.675. The van der Waals surface area contributed by atoms with Gasteiger partial charge in [-0.15, -0.1) is 0 Å². The summed E-state index contributed by atoms with van der Waals surface area (Å²) in [5.74, 6) is -0.175. The predicted molar refractivity (Wildman–Crippen MR) is 111 cm³/mol. The minimum absolute atomic E-state index is 0.175. The Morgan fingerprint density at radius 3 is 2.76 bits per heavy atom. The first-order valence-corrected chi connectivity index (χ1v) is 11.2. The average Bonchev–Trinajstić information content (AvgIpc) is 3.35. The molecule has 1 N–H and O–H groups in total. The molecule has 0 spiro atoms. The minimum Gasteiger partial charge on any atom is -0.348 e. The molecular weight excluding hydrogens is 388 g/mol. The molecule has 0 saturated heterocycles.